The van der Waals surface area contributed by atoms with Gasteiger partial charge in [-0.1, -0.05) is 20.8 Å². The summed E-state index contributed by atoms with van der Waals surface area (Å²) in [4.78, 5) is 2.35. The van der Waals surface area contributed by atoms with Gasteiger partial charge in [0.1, 0.15) is 0 Å². The molecule has 0 radical (unpaired) electrons. The van der Waals surface area contributed by atoms with E-state index in [1.165, 1.54) is 0 Å². The fraction of sp³-hybridized carbons (Fsp3) is 1.00. The van der Waals surface area contributed by atoms with Crippen LogP contribution in [0.5, 0.6) is 0 Å². The first-order valence-electron chi connectivity index (χ1n) is 7.11. The highest BCUT2D eigenvalue weighted by molar-refractivity contribution is 6.74. The van der Waals surface area contributed by atoms with Crippen molar-refractivity contribution in [1.82, 2.24) is 10.4 Å². The zero-order chi connectivity index (χ0) is 14.5. The van der Waals surface area contributed by atoms with E-state index >= 15 is 0 Å². The fourth-order valence-electron chi connectivity index (χ4n) is 1.91. The maximum absolute atomic E-state index is 9.01. The average Bonchev–Trinajstić information content (AvgIpc) is 2.28. The molecule has 0 bridgehead atoms. The van der Waals surface area contributed by atoms with Crippen LogP contribution < -0.4 is 5.48 Å². The Hall–Kier alpha value is 0.0169. The second-order valence-electron chi connectivity index (χ2n) is 6.78. The minimum atomic E-state index is -1.80. The summed E-state index contributed by atoms with van der Waals surface area (Å²) in [5.41, 5.74) is 2.27. The Kier molecular flexibility index (Phi) is 6.42. The van der Waals surface area contributed by atoms with Crippen LogP contribution in [0.4, 0.5) is 0 Å². The Labute approximate surface area is 118 Å². The normalized spacial score (nSPS) is 20.5. The Morgan fingerprint density at radius 2 is 1.89 bits per heavy atom. The highest BCUT2D eigenvalue weighted by Crippen LogP contribution is 2.37. The molecule has 5 nitrogen and oxygen atoms in total. The van der Waals surface area contributed by atoms with Crippen LogP contribution in [-0.4, -0.2) is 63.9 Å². The number of rotatable bonds is 6. The van der Waals surface area contributed by atoms with Gasteiger partial charge in [-0.2, -0.15) is 0 Å². The summed E-state index contributed by atoms with van der Waals surface area (Å²) < 4.78 is 11.7. The van der Waals surface area contributed by atoms with Crippen molar-refractivity contribution in [3.8, 4) is 0 Å². The summed E-state index contributed by atoms with van der Waals surface area (Å²) in [6.45, 7) is 16.0. The number of ether oxygens (including phenoxy) is 1. The summed E-state index contributed by atoms with van der Waals surface area (Å²) >= 11 is 0. The van der Waals surface area contributed by atoms with Gasteiger partial charge in [-0.25, -0.2) is 5.48 Å². The molecule has 1 heterocycles. The van der Waals surface area contributed by atoms with Crippen molar-refractivity contribution >= 4 is 8.32 Å². The lowest BCUT2D eigenvalue weighted by Gasteiger charge is -2.40. The molecule has 1 rings (SSSR count). The van der Waals surface area contributed by atoms with Crippen molar-refractivity contribution in [2.75, 3.05) is 39.4 Å². The molecule has 1 saturated heterocycles. The largest absolute Gasteiger partial charge is 0.411 e. The van der Waals surface area contributed by atoms with Gasteiger partial charge in [0.25, 0.3) is 0 Å². The highest BCUT2D eigenvalue weighted by atomic mass is 28.4. The molecule has 1 aliphatic heterocycles. The molecular formula is C13H30N2O3Si. The van der Waals surface area contributed by atoms with E-state index in [9.17, 15) is 0 Å². The number of hydrogen-bond acceptors (Lipinski definition) is 5. The van der Waals surface area contributed by atoms with Crippen molar-refractivity contribution in [2.24, 2.45) is 0 Å². The van der Waals surface area contributed by atoms with Crippen LogP contribution in [0.15, 0.2) is 0 Å². The van der Waals surface area contributed by atoms with E-state index in [4.69, 9.17) is 14.4 Å². The van der Waals surface area contributed by atoms with Crippen molar-refractivity contribution in [3.05, 3.63) is 0 Å². The molecule has 0 spiro atoms. The number of morpholine rings is 1. The predicted octanol–water partition coefficient (Wildman–Crippen LogP) is 1.69. The van der Waals surface area contributed by atoms with Gasteiger partial charge in [-0.3, -0.25) is 4.90 Å². The van der Waals surface area contributed by atoms with Gasteiger partial charge < -0.3 is 14.4 Å². The van der Waals surface area contributed by atoms with Gasteiger partial charge in [0, 0.05) is 26.2 Å². The summed E-state index contributed by atoms with van der Waals surface area (Å²) in [7, 11) is -1.80. The van der Waals surface area contributed by atoms with E-state index in [2.05, 4.69) is 44.2 Å². The third-order valence-electron chi connectivity index (χ3n) is 4.15. The standard InChI is InChI=1S/C13H30N2O3Si/c1-13(2,3)19(4,5)18-12(10-14-16)11-15-6-8-17-9-7-15/h12,14,16H,6-11H2,1-5H3. The second kappa shape index (κ2) is 7.15. The van der Waals surface area contributed by atoms with E-state index < -0.39 is 8.32 Å². The molecule has 0 aromatic carbocycles. The van der Waals surface area contributed by atoms with Gasteiger partial charge in [-0.15, -0.1) is 0 Å². The summed E-state index contributed by atoms with van der Waals surface area (Å²) in [5, 5.41) is 9.19. The lowest BCUT2D eigenvalue weighted by Crippen LogP contribution is -2.51. The van der Waals surface area contributed by atoms with Crippen molar-refractivity contribution in [1.29, 1.82) is 0 Å². The Bertz CT molecular complexity index is 263. The zero-order valence-corrected chi connectivity index (χ0v) is 14.0. The molecule has 1 unspecified atom stereocenters. The van der Waals surface area contributed by atoms with Crippen molar-refractivity contribution < 1.29 is 14.4 Å². The minimum Gasteiger partial charge on any atom is -0.411 e. The monoisotopic (exact) mass is 290 g/mol. The number of hydrogen-bond donors (Lipinski definition) is 2. The maximum atomic E-state index is 9.01. The van der Waals surface area contributed by atoms with Crippen molar-refractivity contribution in [2.45, 2.75) is 45.0 Å². The van der Waals surface area contributed by atoms with Crippen LogP contribution in [0.25, 0.3) is 0 Å². The van der Waals surface area contributed by atoms with Crippen LogP contribution >= 0.6 is 0 Å². The molecule has 1 fully saturated rings. The number of nitrogens with zero attached hydrogens (tertiary/aromatic N) is 1. The van der Waals surface area contributed by atoms with Gasteiger partial charge in [0.2, 0.25) is 0 Å². The van der Waals surface area contributed by atoms with Crippen LogP contribution in [0.1, 0.15) is 20.8 Å². The van der Waals surface area contributed by atoms with E-state index in [1.54, 1.807) is 0 Å². The third kappa shape index (κ3) is 5.49. The first kappa shape index (κ1) is 17.1. The molecule has 1 atom stereocenters. The fourth-order valence-corrected chi connectivity index (χ4v) is 3.26. The van der Waals surface area contributed by atoms with Crippen LogP contribution in [-0.2, 0) is 9.16 Å². The summed E-state index contributed by atoms with van der Waals surface area (Å²) in [5.74, 6) is 0. The van der Waals surface area contributed by atoms with Crippen LogP contribution in [0.2, 0.25) is 18.1 Å². The molecule has 2 N–H and O–H groups in total. The van der Waals surface area contributed by atoms with E-state index in [1.807, 2.05) is 0 Å². The predicted molar refractivity (Wildman–Crippen MR) is 79.1 cm³/mol. The first-order valence-corrected chi connectivity index (χ1v) is 10.0. The number of hydroxylamine groups is 1. The molecule has 0 aromatic rings. The highest BCUT2D eigenvalue weighted by Gasteiger charge is 2.39. The SMILES string of the molecule is CC(C)(C)[Si](C)(C)OC(CNO)CN1CCOCC1. The van der Waals surface area contributed by atoms with E-state index in [0.29, 0.717) is 6.54 Å². The zero-order valence-electron chi connectivity index (χ0n) is 13.0. The Morgan fingerprint density at radius 3 is 2.37 bits per heavy atom. The lowest BCUT2D eigenvalue weighted by molar-refractivity contribution is 0.00965. The van der Waals surface area contributed by atoms with E-state index in [0.717, 1.165) is 32.8 Å². The maximum Gasteiger partial charge on any atom is 0.192 e. The number of nitrogens with one attached hydrogen (secondary N) is 1. The van der Waals surface area contributed by atoms with Gasteiger partial charge in [-0.05, 0) is 18.1 Å². The van der Waals surface area contributed by atoms with Gasteiger partial charge >= 0.3 is 0 Å². The summed E-state index contributed by atoms with van der Waals surface area (Å²) in [6, 6.07) is 0. The smallest absolute Gasteiger partial charge is 0.192 e. The van der Waals surface area contributed by atoms with Gasteiger partial charge in [0.05, 0.1) is 19.3 Å². The third-order valence-corrected chi connectivity index (χ3v) is 8.69. The summed E-state index contributed by atoms with van der Waals surface area (Å²) in [6.07, 6.45) is 0.0315. The molecule has 0 aromatic heterocycles. The molecule has 6 heteroatoms. The van der Waals surface area contributed by atoms with Crippen LogP contribution in [0.3, 0.4) is 0 Å². The molecule has 0 aliphatic carbocycles. The molecule has 19 heavy (non-hydrogen) atoms. The quantitative estimate of drug-likeness (QED) is 0.576. The molecule has 114 valence electrons. The topological polar surface area (TPSA) is 54.0 Å². The second-order valence-corrected chi connectivity index (χ2v) is 11.5. The Balaban J connectivity index is 2.56. The van der Waals surface area contributed by atoms with Crippen molar-refractivity contribution in [3.63, 3.8) is 0 Å². The Morgan fingerprint density at radius 1 is 1.32 bits per heavy atom. The molecular weight excluding hydrogens is 260 g/mol. The molecule has 1 aliphatic rings. The van der Waals surface area contributed by atoms with Crippen LogP contribution in [0, 0.1) is 0 Å². The molecule has 0 amide bonds. The van der Waals surface area contributed by atoms with E-state index in [-0.39, 0.29) is 11.1 Å². The average molecular weight is 290 g/mol. The first-order chi connectivity index (χ1) is 8.76. The molecule has 0 saturated carbocycles. The van der Waals surface area contributed by atoms with Gasteiger partial charge in [0.15, 0.2) is 8.32 Å². The lowest BCUT2D eigenvalue weighted by atomic mass is 10.2. The minimum absolute atomic E-state index is 0.0315.